The summed E-state index contributed by atoms with van der Waals surface area (Å²) in [5, 5.41) is 6.35. The third-order valence-corrected chi connectivity index (χ3v) is 4.37. The Kier molecular flexibility index (Phi) is 7.53. The lowest BCUT2D eigenvalue weighted by Crippen LogP contribution is -2.45. The molecule has 0 bridgehead atoms. The van der Waals surface area contributed by atoms with Crippen molar-refractivity contribution >= 4 is 11.9 Å². The van der Waals surface area contributed by atoms with Crippen molar-refractivity contribution in [2.24, 2.45) is 10.9 Å². The van der Waals surface area contributed by atoms with Crippen LogP contribution >= 0.6 is 0 Å². The van der Waals surface area contributed by atoms with E-state index in [1.165, 1.54) is 6.07 Å². The lowest BCUT2D eigenvalue weighted by atomic mass is 10.2. The second kappa shape index (κ2) is 9.66. The van der Waals surface area contributed by atoms with Crippen molar-refractivity contribution in [3.63, 3.8) is 0 Å². The Morgan fingerprint density at radius 2 is 2.07 bits per heavy atom. The summed E-state index contributed by atoms with van der Waals surface area (Å²) in [7, 11) is 1.62. The van der Waals surface area contributed by atoms with Gasteiger partial charge in [0.15, 0.2) is 12.6 Å². The molecule has 1 aliphatic rings. The molecule has 1 aromatic carbocycles. The van der Waals surface area contributed by atoms with Gasteiger partial charge in [-0.25, -0.2) is 0 Å². The van der Waals surface area contributed by atoms with Crippen LogP contribution in [0.5, 0.6) is 5.75 Å². The fraction of sp³-hybridized carbons (Fsp3) is 0.579. The van der Waals surface area contributed by atoms with Crippen molar-refractivity contribution in [1.29, 1.82) is 0 Å². The number of rotatable bonds is 6. The topological polar surface area (TPSA) is 66.0 Å². The van der Waals surface area contributed by atoms with Crippen LogP contribution in [0.15, 0.2) is 29.3 Å². The monoisotopic (exact) mass is 400 g/mol. The van der Waals surface area contributed by atoms with Crippen LogP contribution in [-0.2, 0) is 11.3 Å². The van der Waals surface area contributed by atoms with Gasteiger partial charge in [-0.05, 0) is 12.5 Å². The van der Waals surface area contributed by atoms with Crippen LogP contribution < -0.4 is 15.4 Å². The van der Waals surface area contributed by atoms with Gasteiger partial charge in [0.2, 0.25) is 5.91 Å². The molecule has 0 aromatic heterocycles. The average molecular weight is 400 g/mol. The minimum Gasteiger partial charge on any atom is -0.484 e. The molecule has 1 unspecified atom stereocenters. The van der Waals surface area contributed by atoms with Crippen molar-refractivity contribution in [2.75, 3.05) is 26.7 Å². The molecular weight excluding hydrogens is 373 g/mol. The third kappa shape index (κ3) is 6.61. The number of carbonyl (C=O) groups is 1. The van der Waals surface area contributed by atoms with Crippen molar-refractivity contribution in [3.8, 4) is 5.75 Å². The number of amides is 1. The fourth-order valence-corrected chi connectivity index (χ4v) is 2.96. The molecular formula is C19H27F3N4O2. The van der Waals surface area contributed by atoms with Crippen LogP contribution in [0.4, 0.5) is 13.2 Å². The van der Waals surface area contributed by atoms with E-state index in [4.69, 9.17) is 4.74 Å². The number of nitrogens with zero attached hydrogens (tertiary/aromatic N) is 2. The lowest BCUT2D eigenvalue weighted by Gasteiger charge is -2.20. The maximum Gasteiger partial charge on any atom is 0.422 e. The molecule has 1 saturated heterocycles. The van der Waals surface area contributed by atoms with E-state index in [1.807, 2.05) is 18.7 Å². The first-order valence-electron chi connectivity index (χ1n) is 9.23. The van der Waals surface area contributed by atoms with Crippen LogP contribution in [0, 0.1) is 5.92 Å². The summed E-state index contributed by atoms with van der Waals surface area (Å²) in [4.78, 5) is 18.1. The predicted octanol–water partition coefficient (Wildman–Crippen LogP) is 2.55. The first-order chi connectivity index (χ1) is 13.2. The van der Waals surface area contributed by atoms with Gasteiger partial charge in [0.05, 0.1) is 0 Å². The van der Waals surface area contributed by atoms with E-state index < -0.39 is 12.8 Å². The van der Waals surface area contributed by atoms with E-state index in [-0.39, 0.29) is 30.2 Å². The van der Waals surface area contributed by atoms with E-state index in [9.17, 15) is 18.0 Å². The number of aliphatic imine (C=N–C) groups is 1. The lowest BCUT2D eigenvalue weighted by molar-refractivity contribution is -0.153. The molecule has 2 rings (SSSR count). The maximum atomic E-state index is 12.4. The first-order valence-corrected chi connectivity index (χ1v) is 9.23. The highest BCUT2D eigenvalue weighted by Gasteiger charge is 2.29. The normalized spacial score (nSPS) is 17.8. The Morgan fingerprint density at radius 3 is 2.71 bits per heavy atom. The van der Waals surface area contributed by atoms with Gasteiger partial charge in [0, 0.05) is 44.2 Å². The quantitative estimate of drug-likeness (QED) is 0.569. The molecule has 0 spiro atoms. The van der Waals surface area contributed by atoms with E-state index in [1.54, 1.807) is 25.2 Å². The van der Waals surface area contributed by atoms with Gasteiger partial charge in [-0.15, -0.1) is 0 Å². The molecule has 1 heterocycles. The van der Waals surface area contributed by atoms with Crippen LogP contribution in [-0.4, -0.2) is 55.7 Å². The zero-order chi connectivity index (χ0) is 20.7. The second-order valence-corrected chi connectivity index (χ2v) is 7.01. The minimum atomic E-state index is -4.39. The van der Waals surface area contributed by atoms with Crippen molar-refractivity contribution < 1.29 is 22.7 Å². The molecule has 156 valence electrons. The minimum absolute atomic E-state index is 0.0376. The Bertz CT molecular complexity index is 692. The Balaban J connectivity index is 1.89. The number of alkyl halides is 3. The van der Waals surface area contributed by atoms with Crippen LogP contribution in [0.3, 0.4) is 0 Å². The molecule has 0 radical (unpaired) electrons. The molecule has 28 heavy (non-hydrogen) atoms. The third-order valence-electron chi connectivity index (χ3n) is 4.37. The van der Waals surface area contributed by atoms with Gasteiger partial charge in [0.1, 0.15) is 5.75 Å². The molecule has 2 N–H and O–H groups in total. The van der Waals surface area contributed by atoms with Gasteiger partial charge in [-0.3, -0.25) is 9.79 Å². The highest BCUT2D eigenvalue weighted by atomic mass is 19.4. The Labute approximate surface area is 163 Å². The highest BCUT2D eigenvalue weighted by molar-refractivity contribution is 5.81. The van der Waals surface area contributed by atoms with Crippen molar-refractivity contribution in [2.45, 2.75) is 39.0 Å². The molecule has 1 fully saturated rings. The number of nitrogens with one attached hydrogen (secondary N) is 2. The zero-order valence-corrected chi connectivity index (χ0v) is 16.3. The summed E-state index contributed by atoms with van der Waals surface area (Å²) in [6, 6.07) is 6.64. The number of carbonyl (C=O) groups excluding carboxylic acids is 1. The second-order valence-electron chi connectivity index (χ2n) is 7.01. The highest BCUT2D eigenvalue weighted by Crippen LogP contribution is 2.22. The summed E-state index contributed by atoms with van der Waals surface area (Å²) < 4.78 is 42.1. The van der Waals surface area contributed by atoms with Crippen molar-refractivity contribution in [3.05, 3.63) is 29.8 Å². The predicted molar refractivity (Wildman–Crippen MR) is 101 cm³/mol. The number of hydrogen-bond acceptors (Lipinski definition) is 3. The first kappa shape index (κ1) is 21.8. The Morgan fingerprint density at radius 1 is 1.36 bits per heavy atom. The van der Waals surface area contributed by atoms with Gasteiger partial charge in [-0.1, -0.05) is 32.0 Å². The molecule has 9 heteroatoms. The van der Waals surface area contributed by atoms with Crippen molar-refractivity contribution in [1.82, 2.24) is 15.5 Å². The smallest absolute Gasteiger partial charge is 0.422 e. The van der Waals surface area contributed by atoms with E-state index in [0.717, 1.165) is 6.42 Å². The number of ether oxygens (including phenoxy) is 1. The zero-order valence-electron chi connectivity index (χ0n) is 16.3. The van der Waals surface area contributed by atoms with Gasteiger partial charge >= 0.3 is 6.18 Å². The van der Waals surface area contributed by atoms with Crippen LogP contribution in [0.1, 0.15) is 25.8 Å². The molecule has 1 amide bonds. The van der Waals surface area contributed by atoms with E-state index in [2.05, 4.69) is 15.6 Å². The molecule has 6 nitrogen and oxygen atoms in total. The number of guanidine groups is 1. The van der Waals surface area contributed by atoms with Gasteiger partial charge in [-0.2, -0.15) is 13.2 Å². The molecule has 1 atom stereocenters. The number of likely N-dealkylation sites (tertiary alicyclic amines) is 1. The van der Waals surface area contributed by atoms with E-state index in [0.29, 0.717) is 24.6 Å². The Hall–Kier alpha value is -2.45. The summed E-state index contributed by atoms with van der Waals surface area (Å²) in [5.41, 5.74) is 0.595. The van der Waals surface area contributed by atoms with Crippen LogP contribution in [0.25, 0.3) is 0 Å². The summed E-state index contributed by atoms with van der Waals surface area (Å²) >= 11 is 0. The number of benzene rings is 1. The SMILES string of the molecule is CN=C(NCc1ccccc1OCC(F)(F)F)NC1CCN(C(=O)C(C)C)C1. The average Bonchev–Trinajstić information content (AvgIpc) is 3.11. The molecule has 0 aliphatic carbocycles. The summed E-state index contributed by atoms with van der Waals surface area (Å²) in [6.45, 7) is 3.97. The number of hydrogen-bond donors (Lipinski definition) is 2. The van der Waals surface area contributed by atoms with Crippen LogP contribution in [0.2, 0.25) is 0 Å². The van der Waals surface area contributed by atoms with E-state index >= 15 is 0 Å². The summed E-state index contributed by atoms with van der Waals surface area (Å²) in [5.74, 6) is 0.791. The maximum absolute atomic E-state index is 12.4. The molecule has 0 saturated carbocycles. The number of para-hydroxylation sites is 1. The van der Waals surface area contributed by atoms with Gasteiger partial charge < -0.3 is 20.3 Å². The standard InChI is InChI=1S/C19H27F3N4O2/c1-13(2)17(27)26-9-8-15(11-26)25-18(23-3)24-10-14-6-4-5-7-16(14)28-12-19(20,21)22/h4-7,13,15H,8-12H2,1-3H3,(H2,23,24,25). The molecule has 1 aliphatic heterocycles. The van der Waals surface area contributed by atoms with Gasteiger partial charge in [0.25, 0.3) is 0 Å². The molecule has 1 aromatic rings. The summed E-state index contributed by atoms with van der Waals surface area (Å²) in [6.07, 6.45) is -3.58. The fourth-order valence-electron chi connectivity index (χ4n) is 2.96. The largest absolute Gasteiger partial charge is 0.484 e. The number of halogens is 3.